The lowest BCUT2D eigenvalue weighted by Crippen LogP contribution is -2.65. The Hall–Kier alpha value is -2.62. The Kier molecular flexibility index (Phi) is 4.26. The number of hydrogen-bond acceptors (Lipinski definition) is 3. The highest BCUT2D eigenvalue weighted by Gasteiger charge is 2.50. The Morgan fingerprint density at radius 2 is 2.00 bits per heavy atom. The lowest BCUT2D eigenvalue weighted by molar-refractivity contribution is -0.149. The molecule has 2 heterocycles. The summed E-state index contributed by atoms with van der Waals surface area (Å²) in [7, 11) is 0. The molecule has 2 aliphatic rings. The molecule has 128 valence electrons. The fraction of sp³-hybridized carbons (Fsp3) is 0.333. The highest BCUT2D eigenvalue weighted by Crippen LogP contribution is 2.47. The van der Waals surface area contributed by atoms with Crippen LogP contribution < -0.4 is 4.74 Å². The summed E-state index contributed by atoms with van der Waals surface area (Å²) in [5.74, 6) is 0.937. The summed E-state index contributed by atoms with van der Waals surface area (Å²) in [6, 6.07) is 13.5. The van der Waals surface area contributed by atoms with E-state index in [0.717, 1.165) is 23.6 Å². The number of hydrogen-bond donors (Lipinski definition) is 0. The predicted molar refractivity (Wildman–Crippen MR) is 97.0 cm³/mol. The zero-order valence-electron chi connectivity index (χ0n) is 14.2. The van der Waals surface area contributed by atoms with Crippen LogP contribution in [0.2, 0.25) is 0 Å². The Balaban J connectivity index is 1.32. The summed E-state index contributed by atoms with van der Waals surface area (Å²) >= 11 is 0. The number of carbonyl (C=O) groups is 1. The second-order valence-electron chi connectivity index (χ2n) is 6.83. The van der Waals surface area contributed by atoms with Gasteiger partial charge < -0.3 is 9.64 Å². The van der Waals surface area contributed by atoms with Gasteiger partial charge in [-0.2, -0.15) is 0 Å². The summed E-state index contributed by atoms with van der Waals surface area (Å²) in [5.41, 5.74) is 2.11. The third-order valence-electron chi connectivity index (χ3n) is 5.33. The van der Waals surface area contributed by atoms with Gasteiger partial charge in [-0.15, -0.1) is 0 Å². The molecule has 4 nitrogen and oxygen atoms in total. The van der Waals surface area contributed by atoms with Crippen LogP contribution in [0.5, 0.6) is 5.75 Å². The van der Waals surface area contributed by atoms with Crippen LogP contribution in [0.1, 0.15) is 36.9 Å². The van der Waals surface area contributed by atoms with Crippen molar-refractivity contribution in [2.45, 2.75) is 37.8 Å². The number of ether oxygens (including phenoxy) is 1. The van der Waals surface area contributed by atoms with Crippen LogP contribution in [0.15, 0.2) is 54.7 Å². The average molecular weight is 334 g/mol. The van der Waals surface area contributed by atoms with Crippen molar-refractivity contribution < 1.29 is 9.53 Å². The molecule has 0 atom stereocenters. The van der Waals surface area contributed by atoms with Crippen molar-refractivity contribution in [3.63, 3.8) is 0 Å². The van der Waals surface area contributed by atoms with Crippen molar-refractivity contribution in [2.75, 3.05) is 6.54 Å². The molecule has 1 aromatic carbocycles. The molecule has 1 aromatic heterocycles. The van der Waals surface area contributed by atoms with E-state index in [9.17, 15) is 4.79 Å². The predicted octanol–water partition coefficient (Wildman–Crippen LogP) is 3.83. The lowest BCUT2D eigenvalue weighted by Gasteiger charge is -2.58. The minimum Gasteiger partial charge on any atom is -0.487 e. The lowest BCUT2D eigenvalue weighted by atomic mass is 9.68. The van der Waals surface area contributed by atoms with Crippen LogP contribution in [0, 0.1) is 0 Å². The Morgan fingerprint density at radius 3 is 2.60 bits per heavy atom. The number of carbonyl (C=O) groups excluding carboxylic acids is 1. The minimum atomic E-state index is 0.140. The van der Waals surface area contributed by atoms with E-state index in [1.165, 1.54) is 25.7 Å². The van der Waals surface area contributed by atoms with Crippen LogP contribution in [-0.2, 0) is 11.4 Å². The zero-order chi connectivity index (χ0) is 17.1. The maximum atomic E-state index is 12.3. The Bertz CT molecular complexity index is 759. The van der Waals surface area contributed by atoms with Crippen molar-refractivity contribution >= 4 is 12.0 Å². The molecule has 4 rings (SSSR count). The standard InChI is InChI=1S/C21H22N2O2/c24-20(23-15-13-21(23)11-3-12-21)10-7-17-5-8-19(9-6-17)25-16-18-4-1-2-14-22-18/h1-2,4-10,14H,3,11-13,15-16H2/b10-7-. The second-order valence-corrected chi connectivity index (χ2v) is 6.83. The van der Waals surface area contributed by atoms with Gasteiger partial charge in [0, 0.05) is 24.4 Å². The van der Waals surface area contributed by atoms with Crippen molar-refractivity contribution in [3.05, 3.63) is 66.0 Å². The molecule has 0 unspecified atom stereocenters. The van der Waals surface area contributed by atoms with Crippen LogP contribution in [-0.4, -0.2) is 27.9 Å². The van der Waals surface area contributed by atoms with E-state index in [1.807, 2.05) is 53.4 Å². The normalized spacial score (nSPS) is 18.0. The van der Waals surface area contributed by atoms with Gasteiger partial charge in [0.1, 0.15) is 12.4 Å². The summed E-state index contributed by atoms with van der Waals surface area (Å²) in [6.07, 6.45) is 10.1. The fourth-order valence-corrected chi connectivity index (χ4v) is 3.56. The third-order valence-corrected chi connectivity index (χ3v) is 5.33. The summed E-state index contributed by atoms with van der Waals surface area (Å²) in [4.78, 5) is 18.6. The van der Waals surface area contributed by atoms with E-state index in [-0.39, 0.29) is 11.4 Å². The van der Waals surface area contributed by atoms with Crippen LogP contribution in [0.25, 0.3) is 6.08 Å². The molecule has 1 amide bonds. The molecule has 0 bridgehead atoms. The van der Waals surface area contributed by atoms with Gasteiger partial charge in [-0.05, 0) is 61.6 Å². The van der Waals surface area contributed by atoms with Gasteiger partial charge in [0.25, 0.3) is 0 Å². The summed E-state index contributed by atoms with van der Waals surface area (Å²) in [5, 5.41) is 0. The maximum absolute atomic E-state index is 12.3. The van der Waals surface area contributed by atoms with Gasteiger partial charge in [-0.25, -0.2) is 0 Å². The molecule has 1 aliphatic heterocycles. The largest absolute Gasteiger partial charge is 0.487 e. The molecular formula is C21H22N2O2. The molecular weight excluding hydrogens is 312 g/mol. The number of nitrogens with zero attached hydrogens (tertiary/aromatic N) is 2. The van der Waals surface area contributed by atoms with Crippen molar-refractivity contribution in [1.29, 1.82) is 0 Å². The molecule has 1 spiro atoms. The number of likely N-dealkylation sites (tertiary alicyclic amines) is 1. The molecule has 0 radical (unpaired) electrons. The van der Waals surface area contributed by atoms with Crippen molar-refractivity contribution in [2.24, 2.45) is 0 Å². The van der Waals surface area contributed by atoms with E-state index in [4.69, 9.17) is 4.74 Å². The molecule has 1 saturated heterocycles. The first-order chi connectivity index (χ1) is 12.3. The molecule has 25 heavy (non-hydrogen) atoms. The molecule has 0 N–H and O–H groups in total. The number of benzene rings is 1. The molecule has 4 heteroatoms. The van der Waals surface area contributed by atoms with Crippen molar-refractivity contribution in [1.82, 2.24) is 9.88 Å². The third kappa shape index (κ3) is 3.29. The van der Waals surface area contributed by atoms with Gasteiger partial charge in [0.15, 0.2) is 0 Å². The van der Waals surface area contributed by atoms with Crippen LogP contribution >= 0.6 is 0 Å². The zero-order valence-corrected chi connectivity index (χ0v) is 14.2. The molecule has 2 fully saturated rings. The smallest absolute Gasteiger partial charge is 0.247 e. The van der Waals surface area contributed by atoms with Gasteiger partial charge >= 0.3 is 0 Å². The monoisotopic (exact) mass is 334 g/mol. The first kappa shape index (κ1) is 15.9. The van der Waals surface area contributed by atoms with Gasteiger partial charge in [0.05, 0.1) is 5.69 Å². The summed E-state index contributed by atoms with van der Waals surface area (Å²) in [6.45, 7) is 1.36. The topological polar surface area (TPSA) is 42.4 Å². The Labute approximate surface area is 148 Å². The van der Waals surface area contributed by atoms with Gasteiger partial charge in [0.2, 0.25) is 5.91 Å². The van der Waals surface area contributed by atoms with E-state index < -0.39 is 0 Å². The van der Waals surface area contributed by atoms with E-state index in [1.54, 1.807) is 12.3 Å². The number of pyridine rings is 1. The molecule has 1 saturated carbocycles. The van der Waals surface area contributed by atoms with E-state index >= 15 is 0 Å². The van der Waals surface area contributed by atoms with Gasteiger partial charge in [-0.1, -0.05) is 18.2 Å². The van der Waals surface area contributed by atoms with Crippen molar-refractivity contribution in [3.8, 4) is 5.75 Å². The van der Waals surface area contributed by atoms with E-state index in [0.29, 0.717) is 6.61 Å². The molecule has 2 aromatic rings. The van der Waals surface area contributed by atoms with Gasteiger partial charge in [-0.3, -0.25) is 9.78 Å². The number of amides is 1. The second kappa shape index (κ2) is 6.71. The SMILES string of the molecule is O=C(/C=C\c1ccc(OCc2ccccn2)cc1)N1CCC12CCC2. The number of aromatic nitrogens is 1. The van der Waals surface area contributed by atoms with E-state index in [2.05, 4.69) is 4.98 Å². The quantitative estimate of drug-likeness (QED) is 0.781. The Morgan fingerprint density at radius 1 is 1.16 bits per heavy atom. The minimum absolute atomic E-state index is 0.140. The summed E-state index contributed by atoms with van der Waals surface area (Å²) < 4.78 is 5.73. The van der Waals surface area contributed by atoms with Crippen LogP contribution in [0.3, 0.4) is 0 Å². The number of rotatable bonds is 5. The first-order valence-electron chi connectivity index (χ1n) is 8.88. The first-order valence-corrected chi connectivity index (χ1v) is 8.88. The highest BCUT2D eigenvalue weighted by molar-refractivity contribution is 5.93. The maximum Gasteiger partial charge on any atom is 0.247 e. The average Bonchev–Trinajstić information content (AvgIpc) is 2.58. The highest BCUT2D eigenvalue weighted by atomic mass is 16.5. The molecule has 1 aliphatic carbocycles. The van der Waals surface area contributed by atoms with Crippen LogP contribution in [0.4, 0.5) is 0 Å². The fourth-order valence-electron chi connectivity index (χ4n) is 3.56.